The average Bonchev–Trinajstić information content (AvgIpc) is 3.63. The fraction of sp³-hybridized carbons (Fsp3) is 0.115. The summed E-state index contributed by atoms with van der Waals surface area (Å²) in [7, 11) is 0. The maximum Gasteiger partial charge on any atom is 0.0583 e. The Kier molecular flexibility index (Phi) is 9.40. The summed E-state index contributed by atoms with van der Waals surface area (Å²) in [5.41, 5.74) is 22.7. The van der Waals surface area contributed by atoms with Crippen molar-refractivity contribution >= 4 is 55.9 Å². The molecule has 0 aliphatic carbocycles. The fourth-order valence-corrected chi connectivity index (χ4v) is 10.3. The summed E-state index contributed by atoms with van der Waals surface area (Å²) in [6, 6.07) is 74.1. The maximum absolute atomic E-state index is 2.53. The standard InChI is InChI=1S/C61H51N3/c1-40-21-31-57(43(4)34-40)63(49-28-24-47(25-29-49)45-17-11-8-12-18-45)52-38-54-53-37-50(30-32-58(53)64-59-20-14-13-19-55(59)61(5,6)56(39-52)60(54)64)62(51-35-41(2)33-42(3)36-51)48-26-22-46(23-27-48)44-15-9-7-10-16-44/h7-39H,1-6H3. The molecule has 1 aliphatic rings. The van der Waals surface area contributed by atoms with E-state index in [2.05, 4.69) is 256 Å². The van der Waals surface area contributed by atoms with E-state index in [1.54, 1.807) is 0 Å². The van der Waals surface area contributed by atoms with Gasteiger partial charge in [0, 0.05) is 50.3 Å². The predicted octanol–water partition coefficient (Wildman–Crippen LogP) is 16.9. The zero-order valence-corrected chi connectivity index (χ0v) is 37.4. The molecule has 0 radical (unpaired) electrons. The summed E-state index contributed by atoms with van der Waals surface area (Å²) in [4.78, 5) is 4.90. The summed E-state index contributed by atoms with van der Waals surface area (Å²) in [5.74, 6) is 0. The lowest BCUT2D eigenvalue weighted by molar-refractivity contribution is 0.630. The van der Waals surface area contributed by atoms with Crippen molar-refractivity contribution in [2.45, 2.75) is 47.0 Å². The number of rotatable bonds is 8. The van der Waals surface area contributed by atoms with E-state index in [1.807, 2.05) is 0 Å². The number of anilines is 6. The van der Waals surface area contributed by atoms with Crippen LogP contribution in [0, 0.1) is 27.7 Å². The molecule has 0 fully saturated rings. The van der Waals surface area contributed by atoms with Gasteiger partial charge in [-0.1, -0.05) is 141 Å². The first-order valence-corrected chi connectivity index (χ1v) is 22.4. The molecule has 1 aromatic heterocycles. The third kappa shape index (κ3) is 6.59. The minimum Gasteiger partial charge on any atom is -0.310 e. The molecule has 0 amide bonds. The van der Waals surface area contributed by atoms with Gasteiger partial charge in [0.1, 0.15) is 0 Å². The molecule has 10 aromatic rings. The Morgan fingerprint density at radius 1 is 0.375 bits per heavy atom. The molecule has 0 spiro atoms. The van der Waals surface area contributed by atoms with E-state index in [0.29, 0.717) is 0 Å². The lowest BCUT2D eigenvalue weighted by atomic mass is 9.74. The first-order chi connectivity index (χ1) is 31.1. The number of fused-ring (bicyclic) bond motifs is 5. The van der Waals surface area contributed by atoms with Crippen molar-refractivity contribution in [3.8, 4) is 27.9 Å². The highest BCUT2D eigenvalue weighted by Crippen LogP contribution is 2.51. The lowest BCUT2D eigenvalue weighted by Crippen LogP contribution is -2.26. The van der Waals surface area contributed by atoms with Crippen LogP contribution >= 0.6 is 0 Å². The van der Waals surface area contributed by atoms with Crippen molar-refractivity contribution in [1.29, 1.82) is 0 Å². The molecule has 0 unspecified atom stereocenters. The van der Waals surface area contributed by atoms with Crippen LogP contribution in [0.1, 0.15) is 47.2 Å². The number of benzene rings is 9. The monoisotopic (exact) mass is 825 g/mol. The van der Waals surface area contributed by atoms with Gasteiger partial charge in [0.2, 0.25) is 0 Å². The van der Waals surface area contributed by atoms with Crippen LogP contribution in [-0.2, 0) is 5.41 Å². The Morgan fingerprint density at radius 3 is 1.53 bits per heavy atom. The van der Waals surface area contributed by atoms with Crippen LogP contribution in [0.4, 0.5) is 34.1 Å². The average molecular weight is 826 g/mol. The van der Waals surface area contributed by atoms with Crippen molar-refractivity contribution in [1.82, 2.24) is 4.57 Å². The van der Waals surface area contributed by atoms with Crippen molar-refractivity contribution in [3.63, 3.8) is 0 Å². The molecule has 0 saturated heterocycles. The molecular formula is C61H51N3. The van der Waals surface area contributed by atoms with Crippen molar-refractivity contribution in [2.24, 2.45) is 0 Å². The van der Waals surface area contributed by atoms with E-state index in [-0.39, 0.29) is 5.41 Å². The van der Waals surface area contributed by atoms with Crippen molar-refractivity contribution in [2.75, 3.05) is 9.80 Å². The van der Waals surface area contributed by atoms with Gasteiger partial charge < -0.3 is 14.4 Å². The highest BCUT2D eigenvalue weighted by molar-refractivity contribution is 6.14. The smallest absolute Gasteiger partial charge is 0.0583 e. The van der Waals surface area contributed by atoms with Crippen LogP contribution in [0.15, 0.2) is 200 Å². The third-order valence-electron chi connectivity index (χ3n) is 13.4. The third-order valence-corrected chi connectivity index (χ3v) is 13.4. The second-order valence-corrected chi connectivity index (χ2v) is 18.2. The molecule has 3 nitrogen and oxygen atoms in total. The van der Waals surface area contributed by atoms with E-state index >= 15 is 0 Å². The molecule has 310 valence electrons. The Balaban J connectivity index is 1.17. The lowest BCUT2D eigenvalue weighted by Gasteiger charge is -2.36. The van der Waals surface area contributed by atoms with Crippen LogP contribution < -0.4 is 9.80 Å². The summed E-state index contributed by atoms with van der Waals surface area (Å²) < 4.78 is 2.53. The van der Waals surface area contributed by atoms with E-state index in [1.165, 1.54) is 88.8 Å². The zero-order valence-electron chi connectivity index (χ0n) is 37.4. The van der Waals surface area contributed by atoms with Gasteiger partial charge in [-0.05, 0) is 157 Å². The molecule has 0 atom stereocenters. The van der Waals surface area contributed by atoms with E-state index in [9.17, 15) is 0 Å². The molecule has 0 N–H and O–H groups in total. The van der Waals surface area contributed by atoms with Gasteiger partial charge in [0.15, 0.2) is 0 Å². The Bertz CT molecular complexity index is 3360. The normalized spacial score (nSPS) is 12.7. The molecule has 3 heteroatoms. The molecular weight excluding hydrogens is 775 g/mol. The van der Waals surface area contributed by atoms with Gasteiger partial charge >= 0.3 is 0 Å². The molecule has 0 saturated carbocycles. The number of hydrogen-bond donors (Lipinski definition) is 0. The van der Waals surface area contributed by atoms with Crippen LogP contribution in [0.5, 0.6) is 0 Å². The molecule has 0 bridgehead atoms. The van der Waals surface area contributed by atoms with Gasteiger partial charge in [-0.15, -0.1) is 0 Å². The summed E-state index contributed by atoms with van der Waals surface area (Å²) in [6.45, 7) is 13.6. The van der Waals surface area contributed by atoms with Gasteiger partial charge in [-0.2, -0.15) is 0 Å². The number of para-hydroxylation sites is 1. The van der Waals surface area contributed by atoms with E-state index in [4.69, 9.17) is 0 Å². The number of hydrogen-bond acceptors (Lipinski definition) is 2. The molecule has 11 rings (SSSR count). The second-order valence-electron chi connectivity index (χ2n) is 18.2. The minimum atomic E-state index is -0.269. The number of aryl methyl sites for hydroxylation is 4. The van der Waals surface area contributed by atoms with Crippen LogP contribution in [-0.4, -0.2) is 4.57 Å². The van der Waals surface area contributed by atoms with Crippen molar-refractivity contribution < 1.29 is 0 Å². The molecule has 2 heterocycles. The molecule has 9 aromatic carbocycles. The van der Waals surface area contributed by atoms with Crippen LogP contribution in [0.25, 0.3) is 49.7 Å². The fourth-order valence-electron chi connectivity index (χ4n) is 10.3. The Labute approximate surface area is 377 Å². The first-order valence-electron chi connectivity index (χ1n) is 22.4. The minimum absolute atomic E-state index is 0.269. The predicted molar refractivity (Wildman–Crippen MR) is 272 cm³/mol. The topological polar surface area (TPSA) is 11.4 Å². The Hall–Kier alpha value is -7.62. The largest absolute Gasteiger partial charge is 0.310 e. The van der Waals surface area contributed by atoms with E-state index < -0.39 is 0 Å². The first kappa shape index (κ1) is 39.2. The molecule has 64 heavy (non-hydrogen) atoms. The summed E-state index contributed by atoms with van der Waals surface area (Å²) in [6.07, 6.45) is 0. The van der Waals surface area contributed by atoms with E-state index in [0.717, 1.165) is 28.4 Å². The highest BCUT2D eigenvalue weighted by atomic mass is 15.2. The SMILES string of the molecule is Cc1cc(C)cc(N(c2ccc(-c3ccccc3)cc2)c2ccc3c(c2)c2cc(N(c4ccc(-c5ccccc5)cc4)c4ccc(C)cc4C)cc4c2n3-c2ccccc2C4(C)C)c1. The van der Waals surface area contributed by atoms with Gasteiger partial charge in [-0.3, -0.25) is 0 Å². The van der Waals surface area contributed by atoms with Gasteiger partial charge in [0.25, 0.3) is 0 Å². The van der Waals surface area contributed by atoms with Gasteiger partial charge in [0.05, 0.1) is 16.7 Å². The second kappa shape index (κ2) is 15.3. The maximum atomic E-state index is 2.53. The summed E-state index contributed by atoms with van der Waals surface area (Å²) in [5, 5.41) is 2.46. The number of aromatic nitrogens is 1. The quantitative estimate of drug-likeness (QED) is 0.151. The van der Waals surface area contributed by atoms with Crippen molar-refractivity contribution in [3.05, 3.63) is 234 Å². The highest BCUT2D eigenvalue weighted by Gasteiger charge is 2.36. The van der Waals surface area contributed by atoms with Crippen LogP contribution in [0.2, 0.25) is 0 Å². The summed E-state index contributed by atoms with van der Waals surface area (Å²) >= 11 is 0. The zero-order chi connectivity index (χ0) is 43.7. The number of nitrogens with zero attached hydrogens (tertiary/aromatic N) is 3. The Morgan fingerprint density at radius 2 is 0.906 bits per heavy atom. The van der Waals surface area contributed by atoms with Crippen LogP contribution in [0.3, 0.4) is 0 Å². The van der Waals surface area contributed by atoms with Gasteiger partial charge in [-0.25, -0.2) is 0 Å². The molecule has 1 aliphatic heterocycles.